The summed E-state index contributed by atoms with van der Waals surface area (Å²) in [6.07, 6.45) is 0. The maximum Gasteiger partial charge on any atom is 0.276 e. The molecule has 19 heavy (non-hydrogen) atoms. The number of benzene rings is 1. The summed E-state index contributed by atoms with van der Waals surface area (Å²) in [6, 6.07) is 11.7. The fourth-order valence-electron chi connectivity index (χ4n) is 1.41. The van der Waals surface area contributed by atoms with Crippen LogP contribution < -0.4 is 16.6 Å². The zero-order valence-electron chi connectivity index (χ0n) is 9.79. The quantitative estimate of drug-likeness (QED) is 0.553. The second-order valence-electron chi connectivity index (χ2n) is 3.56. The molecule has 0 aliphatic rings. The Hall–Kier alpha value is -2.98. The van der Waals surface area contributed by atoms with Crippen LogP contribution in [0.5, 0.6) is 0 Å². The van der Waals surface area contributed by atoms with Gasteiger partial charge in [0.25, 0.3) is 5.91 Å². The molecule has 0 aliphatic carbocycles. The number of hydrogen-bond donors (Lipinski definition) is 3. The van der Waals surface area contributed by atoms with E-state index in [9.17, 15) is 4.79 Å². The van der Waals surface area contributed by atoms with E-state index in [1.54, 1.807) is 24.3 Å². The number of nitrogen functional groups attached to an aromatic ring is 1. The Labute approximate surface area is 109 Å². The average molecular weight is 254 g/mol. The molecule has 2 aromatic rings. The fourth-order valence-corrected chi connectivity index (χ4v) is 1.41. The van der Waals surface area contributed by atoms with E-state index in [0.717, 1.165) is 0 Å². The van der Waals surface area contributed by atoms with Crippen LogP contribution in [0.25, 0.3) is 0 Å². The Bertz CT molecular complexity index is 631. The average Bonchev–Trinajstić information content (AvgIpc) is 2.48. The van der Waals surface area contributed by atoms with Crippen molar-refractivity contribution < 1.29 is 4.79 Å². The minimum Gasteiger partial charge on any atom is -0.319 e. The molecular formula is C12H10N6O. The van der Waals surface area contributed by atoms with Gasteiger partial charge in [-0.05, 0) is 24.3 Å². The fraction of sp³-hybridized carbons (Fsp3) is 0. The lowest BCUT2D eigenvalue weighted by atomic mass is 10.2. The van der Waals surface area contributed by atoms with Crippen molar-refractivity contribution in [3.63, 3.8) is 0 Å². The third-order valence-corrected chi connectivity index (χ3v) is 2.34. The molecule has 0 unspecified atom stereocenters. The van der Waals surface area contributed by atoms with Crippen molar-refractivity contribution >= 4 is 17.4 Å². The number of anilines is 2. The van der Waals surface area contributed by atoms with Gasteiger partial charge in [0.1, 0.15) is 6.07 Å². The van der Waals surface area contributed by atoms with Gasteiger partial charge in [0, 0.05) is 0 Å². The molecule has 7 heteroatoms. The van der Waals surface area contributed by atoms with E-state index in [1.165, 1.54) is 12.1 Å². The number of carbonyl (C=O) groups excluding carboxylic acids is 1. The first-order valence-corrected chi connectivity index (χ1v) is 5.35. The molecule has 1 aromatic carbocycles. The van der Waals surface area contributed by atoms with E-state index >= 15 is 0 Å². The number of nitriles is 1. The van der Waals surface area contributed by atoms with Gasteiger partial charge in [0.15, 0.2) is 11.5 Å². The lowest BCUT2D eigenvalue weighted by Gasteiger charge is -2.06. The van der Waals surface area contributed by atoms with Gasteiger partial charge in [-0.1, -0.05) is 12.1 Å². The van der Waals surface area contributed by atoms with Crippen LogP contribution >= 0.6 is 0 Å². The van der Waals surface area contributed by atoms with E-state index in [-0.39, 0.29) is 5.69 Å². The van der Waals surface area contributed by atoms with Gasteiger partial charge in [-0.15, -0.1) is 10.2 Å². The van der Waals surface area contributed by atoms with E-state index < -0.39 is 5.91 Å². The van der Waals surface area contributed by atoms with Crippen LogP contribution in [0.4, 0.5) is 11.5 Å². The maximum absolute atomic E-state index is 11.9. The molecule has 1 heterocycles. The summed E-state index contributed by atoms with van der Waals surface area (Å²) in [5, 5.41) is 18.9. The Kier molecular flexibility index (Phi) is 3.66. The van der Waals surface area contributed by atoms with Crippen molar-refractivity contribution in [1.82, 2.24) is 10.2 Å². The second kappa shape index (κ2) is 5.57. The Balaban J connectivity index is 2.18. The predicted molar refractivity (Wildman–Crippen MR) is 69.0 cm³/mol. The SMILES string of the molecule is N#Cc1ccccc1NC(=O)c1ccc(NN)nn1. The van der Waals surface area contributed by atoms with E-state index in [0.29, 0.717) is 17.1 Å². The van der Waals surface area contributed by atoms with Crippen LogP contribution in [0.1, 0.15) is 16.1 Å². The van der Waals surface area contributed by atoms with Gasteiger partial charge < -0.3 is 10.7 Å². The summed E-state index contributed by atoms with van der Waals surface area (Å²) in [6.45, 7) is 0. The van der Waals surface area contributed by atoms with Crippen molar-refractivity contribution in [2.45, 2.75) is 0 Å². The van der Waals surface area contributed by atoms with Crippen LogP contribution in [0.2, 0.25) is 0 Å². The summed E-state index contributed by atoms with van der Waals surface area (Å²) in [5.41, 5.74) is 3.25. The highest BCUT2D eigenvalue weighted by molar-refractivity contribution is 6.03. The Morgan fingerprint density at radius 2 is 2.00 bits per heavy atom. The summed E-state index contributed by atoms with van der Waals surface area (Å²) in [4.78, 5) is 11.9. The van der Waals surface area contributed by atoms with Crippen molar-refractivity contribution in [1.29, 1.82) is 5.26 Å². The third-order valence-electron chi connectivity index (χ3n) is 2.34. The molecule has 94 valence electrons. The van der Waals surface area contributed by atoms with Crippen molar-refractivity contribution in [2.24, 2.45) is 5.84 Å². The molecule has 0 saturated heterocycles. The number of hydrogen-bond acceptors (Lipinski definition) is 6. The van der Waals surface area contributed by atoms with Crippen LogP contribution in [0.15, 0.2) is 36.4 Å². The molecule has 1 amide bonds. The molecule has 7 nitrogen and oxygen atoms in total. The number of amides is 1. The maximum atomic E-state index is 11.9. The minimum atomic E-state index is -0.446. The molecule has 1 aromatic heterocycles. The number of hydrazine groups is 1. The molecule has 0 fully saturated rings. The lowest BCUT2D eigenvalue weighted by molar-refractivity contribution is 0.102. The van der Waals surface area contributed by atoms with Gasteiger partial charge in [0.2, 0.25) is 0 Å². The van der Waals surface area contributed by atoms with Crippen molar-refractivity contribution in [2.75, 3.05) is 10.7 Å². The first-order chi connectivity index (χ1) is 9.24. The highest BCUT2D eigenvalue weighted by atomic mass is 16.1. The van der Waals surface area contributed by atoms with E-state index in [4.69, 9.17) is 11.1 Å². The number of nitrogens with one attached hydrogen (secondary N) is 2. The van der Waals surface area contributed by atoms with Gasteiger partial charge in [-0.2, -0.15) is 5.26 Å². The largest absolute Gasteiger partial charge is 0.319 e. The Morgan fingerprint density at radius 1 is 1.21 bits per heavy atom. The number of aromatic nitrogens is 2. The molecule has 0 atom stereocenters. The first kappa shape index (κ1) is 12.5. The molecule has 0 saturated carbocycles. The van der Waals surface area contributed by atoms with Gasteiger partial charge in [-0.3, -0.25) is 4.79 Å². The molecule has 0 aliphatic heterocycles. The van der Waals surface area contributed by atoms with Crippen molar-refractivity contribution in [3.05, 3.63) is 47.7 Å². The van der Waals surface area contributed by atoms with Crippen molar-refractivity contribution in [3.8, 4) is 6.07 Å². The normalized spacial score (nSPS) is 9.47. The molecule has 0 radical (unpaired) electrons. The summed E-state index contributed by atoms with van der Waals surface area (Å²) in [5.74, 6) is 5.06. The summed E-state index contributed by atoms with van der Waals surface area (Å²) < 4.78 is 0. The van der Waals surface area contributed by atoms with E-state index in [1.807, 2.05) is 6.07 Å². The molecule has 2 rings (SSSR count). The standard InChI is InChI=1S/C12H10N6O/c13-7-8-3-1-2-4-9(8)15-12(19)10-5-6-11(16-14)18-17-10/h1-6H,14H2,(H,15,19)(H,16,18). The van der Waals surface area contributed by atoms with Crippen LogP contribution in [-0.4, -0.2) is 16.1 Å². The van der Waals surface area contributed by atoms with Crippen LogP contribution in [0.3, 0.4) is 0 Å². The summed E-state index contributed by atoms with van der Waals surface area (Å²) in [7, 11) is 0. The number of nitrogens with two attached hydrogens (primary N) is 1. The lowest BCUT2D eigenvalue weighted by Crippen LogP contribution is -2.16. The zero-order chi connectivity index (χ0) is 13.7. The van der Waals surface area contributed by atoms with Gasteiger partial charge in [0.05, 0.1) is 11.3 Å². The number of carbonyl (C=O) groups is 1. The Morgan fingerprint density at radius 3 is 2.63 bits per heavy atom. The number of rotatable bonds is 3. The first-order valence-electron chi connectivity index (χ1n) is 5.35. The number of para-hydroxylation sites is 1. The minimum absolute atomic E-state index is 0.131. The molecular weight excluding hydrogens is 244 g/mol. The van der Waals surface area contributed by atoms with E-state index in [2.05, 4.69) is 20.9 Å². The zero-order valence-corrected chi connectivity index (χ0v) is 9.79. The topological polar surface area (TPSA) is 117 Å². The van der Waals surface area contributed by atoms with Gasteiger partial charge >= 0.3 is 0 Å². The highest BCUT2D eigenvalue weighted by Gasteiger charge is 2.10. The second-order valence-corrected chi connectivity index (χ2v) is 3.56. The molecule has 0 spiro atoms. The predicted octanol–water partition coefficient (Wildman–Crippen LogP) is 0.886. The molecule has 4 N–H and O–H groups in total. The third kappa shape index (κ3) is 2.83. The van der Waals surface area contributed by atoms with Gasteiger partial charge in [-0.25, -0.2) is 5.84 Å². The van der Waals surface area contributed by atoms with Crippen LogP contribution in [-0.2, 0) is 0 Å². The monoisotopic (exact) mass is 254 g/mol. The molecule has 0 bridgehead atoms. The smallest absolute Gasteiger partial charge is 0.276 e. The highest BCUT2D eigenvalue weighted by Crippen LogP contribution is 2.14. The van der Waals surface area contributed by atoms with Crippen LogP contribution in [0, 0.1) is 11.3 Å². The number of nitrogens with zero attached hydrogens (tertiary/aromatic N) is 3. The summed E-state index contributed by atoms with van der Waals surface area (Å²) >= 11 is 0.